The number of carbonyl (C=O) groups is 1. The number of amides is 1. The molecule has 0 bridgehead atoms. The van der Waals surface area contributed by atoms with E-state index >= 15 is 0 Å². The van der Waals surface area contributed by atoms with Gasteiger partial charge in [-0.2, -0.15) is 0 Å². The van der Waals surface area contributed by atoms with Crippen LogP contribution < -0.4 is 9.64 Å². The van der Waals surface area contributed by atoms with Crippen LogP contribution in [0.1, 0.15) is 11.9 Å². The van der Waals surface area contributed by atoms with Crippen LogP contribution in [0.5, 0.6) is 5.75 Å². The van der Waals surface area contributed by atoms with Gasteiger partial charge in [0.1, 0.15) is 5.75 Å². The number of hydrogen-bond acceptors (Lipinski definition) is 4. The summed E-state index contributed by atoms with van der Waals surface area (Å²) in [5.41, 5.74) is 2.73. The molecule has 2 heterocycles. The summed E-state index contributed by atoms with van der Waals surface area (Å²) >= 11 is 1.62. The Morgan fingerprint density at radius 2 is 2.21 bits per heavy atom. The molecule has 0 aliphatic carbocycles. The van der Waals surface area contributed by atoms with Crippen LogP contribution in [0, 0.1) is 6.92 Å². The number of fused-ring (bicyclic) bond motifs is 1. The normalized spacial score (nSPS) is 18.2. The molecular formula is C14H14N2O2S. The number of nitrogens with zero attached hydrogens (tertiary/aromatic N) is 2. The first-order valence-electron chi connectivity index (χ1n) is 6.07. The third kappa shape index (κ3) is 2.00. The molecule has 1 aromatic heterocycles. The van der Waals surface area contributed by atoms with E-state index in [1.54, 1.807) is 30.2 Å². The van der Waals surface area contributed by atoms with Gasteiger partial charge in [-0.25, -0.2) is 4.98 Å². The summed E-state index contributed by atoms with van der Waals surface area (Å²) in [6, 6.07) is 5.83. The maximum atomic E-state index is 11.9. The van der Waals surface area contributed by atoms with Crippen LogP contribution in [0.4, 0.5) is 5.69 Å². The molecule has 1 aromatic carbocycles. The van der Waals surface area contributed by atoms with Crippen LogP contribution in [0.3, 0.4) is 0 Å². The third-order valence-electron chi connectivity index (χ3n) is 3.22. The van der Waals surface area contributed by atoms with Gasteiger partial charge < -0.3 is 9.64 Å². The SMILES string of the molecule is Cc1nc(-c2ccc3c(c2)N(C)C(=O)C(C)O3)cs1. The number of thiazole rings is 1. The lowest BCUT2D eigenvalue weighted by molar-refractivity contribution is -0.125. The Bertz CT molecular complexity index is 651. The van der Waals surface area contributed by atoms with E-state index in [9.17, 15) is 4.79 Å². The van der Waals surface area contributed by atoms with E-state index in [0.29, 0.717) is 0 Å². The topological polar surface area (TPSA) is 42.4 Å². The van der Waals surface area contributed by atoms with Crippen molar-refractivity contribution in [2.45, 2.75) is 20.0 Å². The lowest BCUT2D eigenvalue weighted by Gasteiger charge is -2.30. The second-order valence-electron chi connectivity index (χ2n) is 4.59. The van der Waals surface area contributed by atoms with Gasteiger partial charge in [-0.3, -0.25) is 4.79 Å². The summed E-state index contributed by atoms with van der Waals surface area (Å²) in [7, 11) is 1.77. The molecule has 0 N–H and O–H groups in total. The first kappa shape index (κ1) is 12.2. The van der Waals surface area contributed by atoms with Crippen LogP contribution >= 0.6 is 11.3 Å². The van der Waals surface area contributed by atoms with E-state index in [0.717, 1.165) is 27.7 Å². The van der Waals surface area contributed by atoms with E-state index in [1.165, 1.54) is 0 Å². The van der Waals surface area contributed by atoms with Gasteiger partial charge in [0.2, 0.25) is 0 Å². The van der Waals surface area contributed by atoms with Crippen molar-refractivity contribution in [2.24, 2.45) is 0 Å². The summed E-state index contributed by atoms with van der Waals surface area (Å²) in [5.74, 6) is 0.712. The Labute approximate surface area is 115 Å². The lowest BCUT2D eigenvalue weighted by atomic mass is 10.1. The molecule has 1 unspecified atom stereocenters. The van der Waals surface area contributed by atoms with Gasteiger partial charge in [-0.15, -0.1) is 11.3 Å². The van der Waals surface area contributed by atoms with E-state index in [1.807, 2.05) is 30.5 Å². The van der Waals surface area contributed by atoms with Gasteiger partial charge in [0.25, 0.3) is 5.91 Å². The Balaban J connectivity index is 2.07. The average molecular weight is 274 g/mol. The molecule has 2 aromatic rings. The highest BCUT2D eigenvalue weighted by Crippen LogP contribution is 2.36. The molecule has 5 heteroatoms. The van der Waals surface area contributed by atoms with E-state index in [-0.39, 0.29) is 5.91 Å². The second kappa shape index (κ2) is 4.35. The molecule has 0 radical (unpaired) electrons. The van der Waals surface area contributed by atoms with Crippen LogP contribution in [-0.4, -0.2) is 24.0 Å². The quantitative estimate of drug-likeness (QED) is 0.803. The Morgan fingerprint density at radius 3 is 2.89 bits per heavy atom. The number of likely N-dealkylation sites (N-methyl/N-ethyl adjacent to an activating group) is 1. The number of rotatable bonds is 1. The zero-order valence-corrected chi connectivity index (χ0v) is 11.8. The third-order valence-corrected chi connectivity index (χ3v) is 3.99. The molecule has 98 valence electrons. The monoisotopic (exact) mass is 274 g/mol. The van der Waals surface area contributed by atoms with Gasteiger partial charge in [-0.05, 0) is 32.0 Å². The molecule has 4 nitrogen and oxygen atoms in total. The molecule has 1 atom stereocenters. The highest BCUT2D eigenvalue weighted by Gasteiger charge is 2.29. The fourth-order valence-corrected chi connectivity index (χ4v) is 2.79. The molecule has 0 saturated heterocycles. The number of aromatic nitrogens is 1. The minimum atomic E-state index is -0.426. The predicted octanol–water partition coefficient (Wildman–Crippen LogP) is 2.86. The second-order valence-corrected chi connectivity index (χ2v) is 5.65. The van der Waals surface area contributed by atoms with Crippen LogP contribution in [-0.2, 0) is 4.79 Å². The molecule has 1 aliphatic rings. The summed E-state index contributed by atoms with van der Waals surface area (Å²) in [4.78, 5) is 18.0. The first-order valence-corrected chi connectivity index (χ1v) is 6.95. The summed E-state index contributed by atoms with van der Waals surface area (Å²) in [5, 5.41) is 3.05. The molecule has 3 rings (SSSR count). The lowest BCUT2D eigenvalue weighted by Crippen LogP contribution is -2.41. The van der Waals surface area contributed by atoms with Crippen molar-refractivity contribution in [1.29, 1.82) is 0 Å². The highest BCUT2D eigenvalue weighted by atomic mass is 32.1. The standard InChI is InChI=1S/C14H14N2O2S/c1-8-14(17)16(3)12-6-10(4-5-13(12)18-8)11-7-19-9(2)15-11/h4-8H,1-3H3. The summed E-state index contributed by atoms with van der Waals surface area (Å²) in [6.45, 7) is 3.74. The van der Waals surface area contributed by atoms with Crippen LogP contribution in [0.25, 0.3) is 11.3 Å². The number of anilines is 1. The summed E-state index contributed by atoms with van der Waals surface area (Å²) < 4.78 is 5.60. The zero-order chi connectivity index (χ0) is 13.6. The average Bonchev–Trinajstić information content (AvgIpc) is 2.83. The molecule has 0 spiro atoms. The van der Waals surface area contributed by atoms with E-state index in [2.05, 4.69) is 4.98 Å². The Morgan fingerprint density at radius 1 is 1.42 bits per heavy atom. The van der Waals surface area contributed by atoms with Gasteiger partial charge in [-0.1, -0.05) is 0 Å². The van der Waals surface area contributed by atoms with Crippen molar-refractivity contribution in [3.05, 3.63) is 28.6 Å². The van der Waals surface area contributed by atoms with Crippen LogP contribution in [0.15, 0.2) is 23.6 Å². The molecular weight excluding hydrogens is 260 g/mol. The van der Waals surface area contributed by atoms with Crippen molar-refractivity contribution in [2.75, 3.05) is 11.9 Å². The van der Waals surface area contributed by atoms with Crippen molar-refractivity contribution in [1.82, 2.24) is 4.98 Å². The number of aryl methyl sites for hydroxylation is 1. The largest absolute Gasteiger partial charge is 0.479 e. The van der Waals surface area contributed by atoms with Crippen molar-refractivity contribution in [3.63, 3.8) is 0 Å². The molecule has 0 saturated carbocycles. The molecule has 19 heavy (non-hydrogen) atoms. The Hall–Kier alpha value is -1.88. The smallest absolute Gasteiger partial charge is 0.267 e. The molecule has 1 amide bonds. The minimum Gasteiger partial charge on any atom is -0.479 e. The molecule has 0 fully saturated rings. The van der Waals surface area contributed by atoms with Gasteiger partial charge in [0, 0.05) is 18.0 Å². The van der Waals surface area contributed by atoms with Gasteiger partial charge in [0.05, 0.1) is 16.4 Å². The maximum absolute atomic E-state index is 11.9. The number of benzene rings is 1. The number of carbonyl (C=O) groups excluding carboxylic acids is 1. The number of hydrogen-bond donors (Lipinski definition) is 0. The zero-order valence-electron chi connectivity index (χ0n) is 11.0. The number of ether oxygens (including phenoxy) is 1. The van der Waals surface area contributed by atoms with Gasteiger partial charge >= 0.3 is 0 Å². The fourth-order valence-electron chi connectivity index (χ4n) is 2.17. The van der Waals surface area contributed by atoms with E-state index in [4.69, 9.17) is 4.74 Å². The maximum Gasteiger partial charge on any atom is 0.267 e. The Kier molecular flexibility index (Phi) is 2.78. The minimum absolute atomic E-state index is 0.0286. The van der Waals surface area contributed by atoms with Crippen molar-refractivity contribution < 1.29 is 9.53 Å². The molecule has 1 aliphatic heterocycles. The summed E-state index contributed by atoms with van der Waals surface area (Å²) in [6.07, 6.45) is -0.426. The van der Waals surface area contributed by atoms with Gasteiger partial charge in [0.15, 0.2) is 6.10 Å². The first-order chi connectivity index (χ1) is 9.06. The van der Waals surface area contributed by atoms with E-state index < -0.39 is 6.10 Å². The highest BCUT2D eigenvalue weighted by molar-refractivity contribution is 7.09. The van der Waals surface area contributed by atoms with Crippen LogP contribution in [0.2, 0.25) is 0 Å². The predicted molar refractivity (Wildman–Crippen MR) is 75.8 cm³/mol. The van der Waals surface area contributed by atoms with Crippen molar-refractivity contribution in [3.8, 4) is 17.0 Å². The van der Waals surface area contributed by atoms with Crippen molar-refractivity contribution >= 4 is 22.9 Å². The fraction of sp³-hybridized carbons (Fsp3) is 0.286.